The van der Waals surface area contributed by atoms with Crippen LogP contribution < -0.4 is 0 Å². The third-order valence-corrected chi connectivity index (χ3v) is 6.42. The maximum Gasteiger partial charge on any atom is 0.232 e. The number of oxime groups is 1. The Kier molecular flexibility index (Phi) is 5.12. The van der Waals surface area contributed by atoms with E-state index in [0.717, 1.165) is 38.4 Å². The Morgan fingerprint density at radius 1 is 1.00 bits per heavy atom. The van der Waals surface area contributed by atoms with E-state index in [1.54, 1.807) is 22.2 Å². The molecule has 0 unspecified atom stereocenters. The molecule has 8 heteroatoms. The van der Waals surface area contributed by atoms with Crippen LogP contribution >= 0.6 is 11.3 Å². The van der Waals surface area contributed by atoms with E-state index in [2.05, 4.69) is 27.4 Å². The predicted octanol–water partition coefficient (Wildman–Crippen LogP) is 6.21. The first kappa shape index (κ1) is 20.3. The van der Waals surface area contributed by atoms with Gasteiger partial charge in [-0.25, -0.2) is 14.5 Å². The Balaban J connectivity index is 1.45. The molecule has 34 heavy (non-hydrogen) atoms. The molecule has 0 radical (unpaired) electrons. The lowest BCUT2D eigenvalue weighted by Gasteiger charge is -2.03. The van der Waals surface area contributed by atoms with Gasteiger partial charge in [-0.05, 0) is 23.9 Å². The molecule has 0 saturated heterocycles. The summed E-state index contributed by atoms with van der Waals surface area (Å²) >= 11 is 1.62. The van der Waals surface area contributed by atoms with Gasteiger partial charge in [-0.3, -0.25) is 0 Å². The van der Waals surface area contributed by atoms with Crippen LogP contribution in [-0.2, 0) is 11.4 Å². The van der Waals surface area contributed by atoms with E-state index in [1.165, 1.54) is 0 Å². The van der Waals surface area contributed by atoms with Gasteiger partial charge < -0.3 is 9.25 Å². The summed E-state index contributed by atoms with van der Waals surface area (Å²) in [5.74, 6) is 1.26. The van der Waals surface area contributed by atoms with Crippen molar-refractivity contribution in [3.05, 3.63) is 95.2 Å². The number of fused-ring (bicyclic) bond motifs is 3. The third-order valence-electron chi connectivity index (χ3n) is 5.44. The van der Waals surface area contributed by atoms with Gasteiger partial charge in [0.25, 0.3) is 0 Å². The van der Waals surface area contributed by atoms with Crippen molar-refractivity contribution in [2.45, 2.75) is 13.5 Å². The number of nitrogens with zero attached hydrogens (tertiary/aromatic N) is 5. The smallest absolute Gasteiger partial charge is 0.232 e. The molecule has 2 aromatic carbocycles. The van der Waals surface area contributed by atoms with Crippen LogP contribution in [0.2, 0.25) is 0 Å². The van der Waals surface area contributed by atoms with Gasteiger partial charge in [-0.2, -0.15) is 0 Å². The molecular weight excluding hydrogens is 446 g/mol. The third kappa shape index (κ3) is 3.64. The van der Waals surface area contributed by atoms with E-state index in [4.69, 9.17) is 14.2 Å². The minimum atomic E-state index is 0.149. The molecule has 6 rings (SSSR count). The molecule has 0 saturated carbocycles. The Hall–Kier alpha value is -4.30. The van der Waals surface area contributed by atoms with E-state index >= 15 is 0 Å². The van der Waals surface area contributed by atoms with Gasteiger partial charge in [-0.15, -0.1) is 16.4 Å². The lowest BCUT2D eigenvalue weighted by atomic mass is 9.99. The van der Waals surface area contributed by atoms with Crippen LogP contribution in [0.25, 0.3) is 39.2 Å². The van der Waals surface area contributed by atoms with Crippen molar-refractivity contribution >= 4 is 33.8 Å². The molecule has 0 aliphatic carbocycles. The second-order valence-electron chi connectivity index (χ2n) is 7.69. The van der Waals surface area contributed by atoms with Crippen LogP contribution in [0.5, 0.6) is 0 Å². The number of furan rings is 1. The van der Waals surface area contributed by atoms with Gasteiger partial charge >= 0.3 is 0 Å². The van der Waals surface area contributed by atoms with Gasteiger partial charge in [0.15, 0.2) is 18.1 Å². The van der Waals surface area contributed by atoms with E-state index in [0.29, 0.717) is 17.2 Å². The van der Waals surface area contributed by atoms with Crippen LogP contribution in [-0.4, -0.2) is 25.3 Å². The number of aromatic nitrogens is 4. The van der Waals surface area contributed by atoms with E-state index in [1.807, 2.05) is 73.0 Å². The molecule has 4 aromatic heterocycles. The monoisotopic (exact) mass is 465 g/mol. The fourth-order valence-corrected chi connectivity index (χ4v) is 4.56. The first-order valence-electron chi connectivity index (χ1n) is 10.8. The van der Waals surface area contributed by atoms with Crippen molar-refractivity contribution < 1.29 is 9.25 Å². The van der Waals surface area contributed by atoms with Gasteiger partial charge in [0.1, 0.15) is 12.1 Å². The number of hydrogen-bond acceptors (Lipinski definition) is 7. The SMILES string of the molecule is C/C(=N/OCc1nc2c3c(-c4ccccc4)c(-c4ccccc4)oc3ncn2n1)c1cccs1. The molecule has 0 amide bonds. The highest BCUT2D eigenvalue weighted by molar-refractivity contribution is 7.12. The molecule has 0 spiro atoms. The molecule has 0 bridgehead atoms. The standard InChI is InChI=1S/C26H19N5O2S/c1-17(20-13-8-14-34-20)30-32-15-21-28-25-23-22(18-9-4-2-5-10-18)24(19-11-6-3-7-12-19)33-26(23)27-16-31(25)29-21/h2-14,16H,15H2,1H3/b30-17-. The largest absolute Gasteiger partial charge is 0.437 e. The quantitative estimate of drug-likeness (QED) is 0.216. The molecule has 166 valence electrons. The Labute approximate surface area is 199 Å². The summed E-state index contributed by atoms with van der Waals surface area (Å²) in [4.78, 5) is 15.9. The molecule has 0 fully saturated rings. The zero-order chi connectivity index (χ0) is 22.9. The predicted molar refractivity (Wildman–Crippen MR) is 133 cm³/mol. The Morgan fingerprint density at radius 3 is 2.50 bits per heavy atom. The summed E-state index contributed by atoms with van der Waals surface area (Å²) in [6, 6.07) is 24.1. The fourth-order valence-electron chi connectivity index (χ4n) is 3.89. The number of rotatable bonds is 6. The van der Waals surface area contributed by atoms with E-state index in [9.17, 15) is 0 Å². The van der Waals surface area contributed by atoms with Gasteiger partial charge in [0, 0.05) is 11.1 Å². The van der Waals surface area contributed by atoms with Crippen LogP contribution in [0.4, 0.5) is 0 Å². The Morgan fingerprint density at radius 2 is 1.76 bits per heavy atom. The maximum atomic E-state index is 6.27. The number of benzene rings is 2. The van der Waals surface area contributed by atoms with Crippen molar-refractivity contribution in [2.75, 3.05) is 0 Å². The number of hydrogen-bond donors (Lipinski definition) is 0. The van der Waals surface area contributed by atoms with Crippen molar-refractivity contribution in [3.8, 4) is 22.5 Å². The average molecular weight is 466 g/mol. The topological polar surface area (TPSA) is 77.8 Å². The maximum absolute atomic E-state index is 6.27. The van der Waals surface area contributed by atoms with Gasteiger partial charge in [-0.1, -0.05) is 71.9 Å². The molecule has 0 aliphatic rings. The van der Waals surface area contributed by atoms with Crippen LogP contribution in [0.1, 0.15) is 17.6 Å². The summed E-state index contributed by atoms with van der Waals surface area (Å²) in [6.45, 7) is 2.06. The highest BCUT2D eigenvalue weighted by Crippen LogP contribution is 2.41. The summed E-state index contributed by atoms with van der Waals surface area (Å²) in [7, 11) is 0. The van der Waals surface area contributed by atoms with Crippen molar-refractivity contribution in [2.24, 2.45) is 5.16 Å². The lowest BCUT2D eigenvalue weighted by molar-refractivity contribution is 0.125. The fraction of sp³-hybridized carbons (Fsp3) is 0.0769. The minimum Gasteiger partial charge on any atom is -0.437 e. The molecule has 0 N–H and O–H groups in total. The minimum absolute atomic E-state index is 0.149. The molecule has 4 heterocycles. The summed E-state index contributed by atoms with van der Waals surface area (Å²) < 4.78 is 7.93. The molecule has 7 nitrogen and oxygen atoms in total. The highest BCUT2D eigenvalue weighted by atomic mass is 32.1. The zero-order valence-electron chi connectivity index (χ0n) is 18.3. The number of thiophene rings is 1. The summed E-state index contributed by atoms with van der Waals surface area (Å²) in [6.07, 6.45) is 1.61. The normalized spacial score (nSPS) is 12.0. The molecule has 0 aliphatic heterocycles. The first-order chi connectivity index (χ1) is 16.8. The summed E-state index contributed by atoms with van der Waals surface area (Å²) in [5.41, 5.74) is 4.91. The first-order valence-corrected chi connectivity index (χ1v) is 11.6. The summed E-state index contributed by atoms with van der Waals surface area (Å²) in [5, 5.41) is 11.6. The van der Waals surface area contributed by atoms with Crippen molar-refractivity contribution in [1.82, 2.24) is 19.6 Å². The van der Waals surface area contributed by atoms with Crippen LogP contribution in [0, 0.1) is 0 Å². The van der Waals surface area contributed by atoms with Gasteiger partial charge in [0.2, 0.25) is 5.71 Å². The molecule has 0 atom stereocenters. The lowest BCUT2D eigenvalue weighted by Crippen LogP contribution is -1.96. The second kappa shape index (κ2) is 8.57. The zero-order valence-corrected chi connectivity index (χ0v) is 19.1. The van der Waals surface area contributed by atoms with Crippen molar-refractivity contribution in [1.29, 1.82) is 0 Å². The van der Waals surface area contributed by atoms with Gasteiger partial charge in [0.05, 0.1) is 16.0 Å². The van der Waals surface area contributed by atoms with Crippen molar-refractivity contribution in [3.63, 3.8) is 0 Å². The average Bonchev–Trinajstić information content (AvgIpc) is 3.63. The second-order valence-corrected chi connectivity index (χ2v) is 8.63. The van der Waals surface area contributed by atoms with E-state index in [-0.39, 0.29) is 6.61 Å². The highest BCUT2D eigenvalue weighted by Gasteiger charge is 2.22. The van der Waals surface area contributed by atoms with Crippen LogP contribution in [0.3, 0.4) is 0 Å². The van der Waals surface area contributed by atoms with E-state index < -0.39 is 0 Å². The van der Waals surface area contributed by atoms with Crippen LogP contribution in [0.15, 0.2) is 94.1 Å². The molecular formula is C26H19N5O2S. The Bertz CT molecular complexity index is 1600. The molecule has 6 aromatic rings.